The molecule has 1 aliphatic rings. The zero-order valence-corrected chi connectivity index (χ0v) is 11.4. The summed E-state index contributed by atoms with van der Waals surface area (Å²) < 4.78 is 0. The van der Waals surface area contributed by atoms with Crippen molar-refractivity contribution < 1.29 is 4.79 Å². The van der Waals surface area contributed by atoms with Crippen molar-refractivity contribution in [3.05, 3.63) is 24.3 Å². The highest BCUT2D eigenvalue weighted by molar-refractivity contribution is 6.03. The molecule has 1 amide bonds. The van der Waals surface area contributed by atoms with Crippen molar-refractivity contribution in [2.24, 2.45) is 5.92 Å². The Morgan fingerprint density at radius 2 is 2.40 bits per heavy atom. The van der Waals surface area contributed by atoms with Crippen molar-refractivity contribution in [3.63, 3.8) is 0 Å². The molecule has 1 fully saturated rings. The van der Waals surface area contributed by atoms with Crippen molar-refractivity contribution in [3.8, 4) is 0 Å². The average molecular weight is 273 g/mol. The van der Waals surface area contributed by atoms with Gasteiger partial charge in [-0.05, 0) is 44.3 Å². The number of hydrogen-bond acceptors (Lipinski definition) is 4. The average Bonchev–Trinajstić information content (AvgIpc) is 2.96. The quantitative estimate of drug-likeness (QED) is 0.778. The summed E-state index contributed by atoms with van der Waals surface area (Å²) >= 11 is 0. The van der Waals surface area contributed by atoms with Crippen molar-refractivity contribution in [2.45, 2.75) is 19.3 Å². The van der Waals surface area contributed by atoms with Gasteiger partial charge in [0.05, 0.1) is 5.39 Å². The maximum atomic E-state index is 12.2. The first-order chi connectivity index (χ1) is 9.84. The number of nitrogens with zero attached hydrogens (tertiary/aromatic N) is 2. The second-order valence-corrected chi connectivity index (χ2v) is 5.22. The number of H-pyrrole nitrogens is 1. The fourth-order valence-electron chi connectivity index (χ4n) is 2.70. The first kappa shape index (κ1) is 13.1. The number of nitrogens with one attached hydrogen (secondary N) is 3. The molecule has 1 saturated heterocycles. The van der Waals surface area contributed by atoms with Gasteiger partial charge < -0.3 is 15.6 Å². The second kappa shape index (κ2) is 6.00. The molecule has 0 radical (unpaired) electrons. The van der Waals surface area contributed by atoms with E-state index in [1.54, 1.807) is 6.20 Å². The highest BCUT2D eigenvalue weighted by Crippen LogP contribution is 2.14. The van der Waals surface area contributed by atoms with E-state index in [0.717, 1.165) is 24.9 Å². The SMILES string of the molecule is O=C(NCCC1CCCNC1)c1ncnc2[nH]ccc12. The van der Waals surface area contributed by atoms with E-state index in [-0.39, 0.29) is 5.91 Å². The predicted octanol–water partition coefficient (Wildman–Crippen LogP) is 1.08. The van der Waals surface area contributed by atoms with Gasteiger partial charge in [0.15, 0.2) is 0 Å². The normalized spacial score (nSPS) is 19.1. The summed E-state index contributed by atoms with van der Waals surface area (Å²) in [7, 11) is 0. The third-order valence-corrected chi connectivity index (χ3v) is 3.81. The summed E-state index contributed by atoms with van der Waals surface area (Å²) in [4.78, 5) is 23.3. The minimum Gasteiger partial charge on any atom is -0.351 e. The van der Waals surface area contributed by atoms with Crippen LogP contribution in [0.25, 0.3) is 11.0 Å². The molecule has 6 nitrogen and oxygen atoms in total. The molecule has 2 aromatic rings. The van der Waals surface area contributed by atoms with Gasteiger partial charge in [-0.1, -0.05) is 0 Å². The monoisotopic (exact) mass is 273 g/mol. The van der Waals surface area contributed by atoms with Crippen LogP contribution in [0.3, 0.4) is 0 Å². The largest absolute Gasteiger partial charge is 0.351 e. The van der Waals surface area contributed by atoms with Crippen LogP contribution in [0.5, 0.6) is 0 Å². The van der Waals surface area contributed by atoms with Crippen LogP contribution in [0.15, 0.2) is 18.6 Å². The summed E-state index contributed by atoms with van der Waals surface area (Å²) in [5, 5.41) is 7.11. The molecule has 2 aromatic heterocycles. The third kappa shape index (κ3) is 2.80. The van der Waals surface area contributed by atoms with E-state index >= 15 is 0 Å². The van der Waals surface area contributed by atoms with Gasteiger partial charge in [-0.2, -0.15) is 0 Å². The molecule has 3 heterocycles. The Morgan fingerprint density at radius 3 is 3.25 bits per heavy atom. The molecule has 6 heteroatoms. The number of aromatic amines is 1. The summed E-state index contributed by atoms with van der Waals surface area (Å²) in [6, 6.07) is 1.83. The van der Waals surface area contributed by atoms with Crippen molar-refractivity contribution >= 4 is 16.9 Å². The Bertz CT molecular complexity index is 588. The molecule has 106 valence electrons. The van der Waals surface area contributed by atoms with E-state index in [1.165, 1.54) is 19.2 Å². The summed E-state index contributed by atoms with van der Waals surface area (Å²) in [6.45, 7) is 2.88. The minimum absolute atomic E-state index is 0.124. The van der Waals surface area contributed by atoms with Crippen LogP contribution in [-0.2, 0) is 0 Å². The van der Waals surface area contributed by atoms with Crippen molar-refractivity contribution in [1.82, 2.24) is 25.6 Å². The van der Waals surface area contributed by atoms with Gasteiger partial charge in [-0.15, -0.1) is 0 Å². The lowest BCUT2D eigenvalue weighted by Gasteiger charge is -2.22. The lowest BCUT2D eigenvalue weighted by atomic mass is 9.96. The molecule has 1 unspecified atom stereocenters. The lowest BCUT2D eigenvalue weighted by molar-refractivity contribution is 0.0947. The van der Waals surface area contributed by atoms with Gasteiger partial charge in [0.2, 0.25) is 0 Å². The zero-order chi connectivity index (χ0) is 13.8. The highest BCUT2D eigenvalue weighted by Gasteiger charge is 2.15. The van der Waals surface area contributed by atoms with Crippen LogP contribution in [0, 0.1) is 5.92 Å². The topological polar surface area (TPSA) is 82.7 Å². The first-order valence-corrected chi connectivity index (χ1v) is 7.11. The summed E-state index contributed by atoms with van der Waals surface area (Å²) in [5.41, 5.74) is 1.14. The van der Waals surface area contributed by atoms with Gasteiger partial charge in [0, 0.05) is 12.7 Å². The highest BCUT2D eigenvalue weighted by atomic mass is 16.1. The third-order valence-electron chi connectivity index (χ3n) is 3.81. The standard InChI is InChI=1S/C14H19N5O/c20-14(17-6-3-10-2-1-5-15-8-10)12-11-4-7-16-13(11)19-9-18-12/h4,7,9-10,15H,1-3,5-6,8H2,(H,17,20)(H,16,18,19). The molecule has 0 aliphatic carbocycles. The van der Waals surface area contributed by atoms with E-state index < -0.39 is 0 Å². The van der Waals surface area contributed by atoms with Crippen LogP contribution in [0.1, 0.15) is 29.8 Å². The lowest BCUT2D eigenvalue weighted by Crippen LogP contribution is -2.33. The molecule has 1 aliphatic heterocycles. The number of hydrogen-bond donors (Lipinski definition) is 3. The maximum Gasteiger partial charge on any atom is 0.270 e. The number of fused-ring (bicyclic) bond motifs is 1. The molecule has 0 spiro atoms. The molecule has 3 N–H and O–H groups in total. The Morgan fingerprint density at radius 1 is 1.45 bits per heavy atom. The number of carbonyl (C=O) groups is 1. The molecule has 0 bridgehead atoms. The second-order valence-electron chi connectivity index (χ2n) is 5.22. The van der Waals surface area contributed by atoms with Crippen LogP contribution in [0.2, 0.25) is 0 Å². The van der Waals surface area contributed by atoms with Gasteiger partial charge in [-0.3, -0.25) is 4.79 Å². The molecular weight excluding hydrogens is 254 g/mol. The van der Waals surface area contributed by atoms with Crippen molar-refractivity contribution in [1.29, 1.82) is 0 Å². The fraction of sp³-hybridized carbons (Fsp3) is 0.500. The Balaban J connectivity index is 1.57. The fourth-order valence-corrected chi connectivity index (χ4v) is 2.70. The van der Waals surface area contributed by atoms with Crippen molar-refractivity contribution in [2.75, 3.05) is 19.6 Å². The molecular formula is C14H19N5O. The molecule has 0 aromatic carbocycles. The number of rotatable bonds is 4. The van der Waals surface area contributed by atoms with Crippen LogP contribution < -0.4 is 10.6 Å². The zero-order valence-electron chi connectivity index (χ0n) is 11.4. The van der Waals surface area contributed by atoms with E-state index in [2.05, 4.69) is 25.6 Å². The number of amides is 1. The molecule has 1 atom stereocenters. The van der Waals surface area contributed by atoms with E-state index in [1.807, 2.05) is 6.07 Å². The smallest absolute Gasteiger partial charge is 0.270 e. The summed E-state index contributed by atoms with van der Waals surface area (Å²) in [5.74, 6) is 0.544. The van der Waals surface area contributed by atoms with Gasteiger partial charge in [0.25, 0.3) is 5.91 Å². The van der Waals surface area contributed by atoms with Gasteiger partial charge >= 0.3 is 0 Å². The minimum atomic E-state index is -0.124. The van der Waals surface area contributed by atoms with Crippen LogP contribution >= 0.6 is 0 Å². The van der Waals surface area contributed by atoms with Crippen LogP contribution in [0.4, 0.5) is 0 Å². The summed E-state index contributed by atoms with van der Waals surface area (Å²) in [6.07, 6.45) is 6.68. The molecule has 3 rings (SSSR count). The van der Waals surface area contributed by atoms with E-state index in [9.17, 15) is 4.79 Å². The predicted molar refractivity (Wildman–Crippen MR) is 76.4 cm³/mol. The number of piperidine rings is 1. The van der Waals surface area contributed by atoms with Gasteiger partial charge in [0.1, 0.15) is 17.7 Å². The Labute approximate surface area is 117 Å². The molecule has 0 saturated carbocycles. The Hall–Kier alpha value is -1.95. The van der Waals surface area contributed by atoms with E-state index in [0.29, 0.717) is 23.8 Å². The molecule has 20 heavy (non-hydrogen) atoms. The first-order valence-electron chi connectivity index (χ1n) is 7.11. The Kier molecular flexibility index (Phi) is 3.92. The van der Waals surface area contributed by atoms with Gasteiger partial charge in [-0.25, -0.2) is 9.97 Å². The maximum absolute atomic E-state index is 12.2. The number of aromatic nitrogens is 3. The van der Waals surface area contributed by atoms with Crippen LogP contribution in [-0.4, -0.2) is 40.5 Å². The number of carbonyl (C=O) groups excluding carboxylic acids is 1. The van der Waals surface area contributed by atoms with E-state index in [4.69, 9.17) is 0 Å².